The van der Waals surface area contributed by atoms with Crippen LogP contribution in [0.2, 0.25) is 0 Å². The van der Waals surface area contributed by atoms with Crippen LogP contribution in [0.15, 0.2) is 53.4 Å². The van der Waals surface area contributed by atoms with Crippen molar-refractivity contribution in [3.63, 3.8) is 0 Å². The number of sulfonamides is 1. The molecule has 0 aliphatic carbocycles. The first kappa shape index (κ1) is 15.3. The number of carbonyl (C=O) groups is 1. The summed E-state index contributed by atoms with van der Waals surface area (Å²) >= 11 is 0. The molecule has 0 amide bonds. The lowest BCUT2D eigenvalue weighted by molar-refractivity contribution is 0.101. The van der Waals surface area contributed by atoms with Gasteiger partial charge in [0, 0.05) is 12.1 Å². The van der Waals surface area contributed by atoms with E-state index in [0.29, 0.717) is 0 Å². The summed E-state index contributed by atoms with van der Waals surface area (Å²) < 4.78 is 40.3. The Labute approximate surface area is 122 Å². The average Bonchev–Trinajstić information content (AvgIpc) is 2.46. The number of benzene rings is 2. The zero-order valence-corrected chi connectivity index (χ0v) is 12.2. The van der Waals surface area contributed by atoms with Crippen LogP contribution in [0, 0.1) is 5.82 Å². The van der Waals surface area contributed by atoms with Gasteiger partial charge in [0.15, 0.2) is 5.78 Å². The molecule has 0 unspecified atom stereocenters. The van der Waals surface area contributed by atoms with Gasteiger partial charge in [-0.3, -0.25) is 4.79 Å². The second-order valence-corrected chi connectivity index (χ2v) is 6.25. The molecule has 2 aromatic rings. The fraction of sp³-hybridized carbons (Fsp3) is 0.133. The van der Waals surface area contributed by atoms with E-state index in [4.69, 9.17) is 0 Å². The quantitative estimate of drug-likeness (QED) is 0.863. The van der Waals surface area contributed by atoms with Crippen LogP contribution >= 0.6 is 0 Å². The van der Waals surface area contributed by atoms with E-state index in [-0.39, 0.29) is 17.9 Å². The lowest BCUT2D eigenvalue weighted by atomic mass is 10.1. The molecule has 4 nitrogen and oxygen atoms in total. The Morgan fingerprint density at radius 3 is 2.43 bits per heavy atom. The van der Waals surface area contributed by atoms with E-state index in [2.05, 4.69) is 4.72 Å². The highest BCUT2D eigenvalue weighted by Gasteiger charge is 2.20. The summed E-state index contributed by atoms with van der Waals surface area (Å²) in [5, 5.41) is 0. The summed E-state index contributed by atoms with van der Waals surface area (Å²) in [6.45, 7) is 1.34. The Balaban J connectivity index is 2.27. The smallest absolute Gasteiger partial charge is 0.243 e. The Bertz CT molecular complexity index is 758. The molecule has 0 aliphatic heterocycles. The van der Waals surface area contributed by atoms with Gasteiger partial charge < -0.3 is 0 Å². The van der Waals surface area contributed by atoms with Gasteiger partial charge in [-0.2, -0.15) is 0 Å². The third-order valence-electron chi connectivity index (χ3n) is 2.94. The number of Topliss-reactive ketones (excluding diaryl/α,β-unsaturated/α-hetero) is 1. The molecule has 0 aromatic heterocycles. The second-order valence-electron chi connectivity index (χ2n) is 4.51. The van der Waals surface area contributed by atoms with Crippen LogP contribution in [0.4, 0.5) is 4.39 Å². The zero-order chi connectivity index (χ0) is 15.5. The van der Waals surface area contributed by atoms with Gasteiger partial charge >= 0.3 is 0 Å². The largest absolute Gasteiger partial charge is 0.295 e. The predicted octanol–water partition coefficient (Wildman–Crippen LogP) is 2.51. The summed E-state index contributed by atoms with van der Waals surface area (Å²) in [4.78, 5) is 10.8. The summed E-state index contributed by atoms with van der Waals surface area (Å²) in [6, 6.07) is 12.2. The van der Waals surface area contributed by atoms with Gasteiger partial charge in [0.2, 0.25) is 10.0 Å². The van der Waals surface area contributed by atoms with Crippen molar-refractivity contribution < 1.29 is 17.6 Å². The predicted molar refractivity (Wildman–Crippen MR) is 76.9 cm³/mol. The van der Waals surface area contributed by atoms with E-state index >= 15 is 0 Å². The second kappa shape index (κ2) is 6.15. The number of nitrogens with one attached hydrogen (secondary N) is 1. The normalized spacial score (nSPS) is 11.3. The van der Waals surface area contributed by atoms with Crippen LogP contribution in [0.3, 0.4) is 0 Å². The van der Waals surface area contributed by atoms with Gasteiger partial charge in [0.1, 0.15) is 10.7 Å². The van der Waals surface area contributed by atoms with E-state index < -0.39 is 20.7 Å². The van der Waals surface area contributed by atoms with Gasteiger partial charge in [-0.15, -0.1) is 0 Å². The molecule has 110 valence electrons. The van der Waals surface area contributed by atoms with E-state index in [1.54, 1.807) is 24.3 Å². The van der Waals surface area contributed by atoms with Gasteiger partial charge in [0.05, 0.1) is 0 Å². The van der Waals surface area contributed by atoms with Gasteiger partial charge in [0.25, 0.3) is 0 Å². The highest BCUT2D eigenvalue weighted by molar-refractivity contribution is 7.89. The molecule has 6 heteroatoms. The van der Waals surface area contributed by atoms with Crippen molar-refractivity contribution in [1.29, 1.82) is 0 Å². The molecule has 0 saturated carbocycles. The monoisotopic (exact) mass is 307 g/mol. The number of rotatable bonds is 5. The molecule has 0 spiro atoms. The van der Waals surface area contributed by atoms with Crippen molar-refractivity contribution >= 4 is 15.8 Å². The molecular formula is C15H14FNO3S. The first-order valence-corrected chi connectivity index (χ1v) is 7.72. The maximum atomic E-state index is 13.7. The van der Waals surface area contributed by atoms with E-state index in [1.807, 2.05) is 6.07 Å². The van der Waals surface area contributed by atoms with Gasteiger partial charge in [-0.1, -0.05) is 30.3 Å². The minimum absolute atomic E-state index is 0.0485. The molecule has 0 saturated heterocycles. The molecule has 0 bridgehead atoms. The molecule has 0 heterocycles. The minimum atomic E-state index is -4.02. The van der Waals surface area contributed by atoms with E-state index in [0.717, 1.165) is 17.7 Å². The molecule has 0 radical (unpaired) electrons. The van der Waals surface area contributed by atoms with Crippen LogP contribution in [0.5, 0.6) is 0 Å². The molecule has 0 fully saturated rings. The number of ketones is 1. The lowest BCUT2D eigenvalue weighted by Crippen LogP contribution is -2.24. The van der Waals surface area contributed by atoms with Crippen LogP contribution in [0.25, 0.3) is 0 Å². The van der Waals surface area contributed by atoms with Gasteiger partial charge in [-0.05, 0) is 30.7 Å². The van der Waals surface area contributed by atoms with Crippen LogP contribution < -0.4 is 4.72 Å². The first-order valence-electron chi connectivity index (χ1n) is 6.24. The fourth-order valence-electron chi connectivity index (χ4n) is 1.78. The molecular weight excluding hydrogens is 293 g/mol. The third-order valence-corrected chi connectivity index (χ3v) is 4.35. The van der Waals surface area contributed by atoms with Crippen LogP contribution in [0.1, 0.15) is 22.8 Å². The summed E-state index contributed by atoms with van der Waals surface area (Å²) in [7, 11) is -4.02. The van der Waals surface area contributed by atoms with Crippen molar-refractivity contribution in [1.82, 2.24) is 4.72 Å². The summed E-state index contributed by atoms with van der Waals surface area (Å²) in [5.74, 6) is -1.21. The number of hydrogen-bond donors (Lipinski definition) is 1. The highest BCUT2D eigenvalue weighted by Crippen LogP contribution is 2.17. The Morgan fingerprint density at radius 1 is 1.14 bits per heavy atom. The van der Waals surface area contributed by atoms with Crippen molar-refractivity contribution in [2.75, 3.05) is 0 Å². The maximum absolute atomic E-state index is 13.7. The van der Waals surface area contributed by atoms with Crippen LogP contribution in [-0.4, -0.2) is 14.2 Å². The average molecular weight is 307 g/mol. The van der Waals surface area contributed by atoms with Gasteiger partial charge in [-0.25, -0.2) is 17.5 Å². The fourth-order valence-corrected chi connectivity index (χ4v) is 2.90. The van der Waals surface area contributed by atoms with Crippen molar-refractivity contribution in [3.8, 4) is 0 Å². The third kappa shape index (κ3) is 3.74. The summed E-state index contributed by atoms with van der Waals surface area (Å²) in [6.07, 6.45) is 0. The molecule has 21 heavy (non-hydrogen) atoms. The SMILES string of the molecule is CC(=O)c1ccc(F)c(S(=O)(=O)NCc2ccccc2)c1. The molecule has 2 aromatic carbocycles. The van der Waals surface area contributed by atoms with Crippen LogP contribution in [-0.2, 0) is 16.6 Å². The molecule has 0 atom stereocenters. The molecule has 0 aliphatic rings. The Morgan fingerprint density at radius 2 is 1.81 bits per heavy atom. The minimum Gasteiger partial charge on any atom is -0.295 e. The highest BCUT2D eigenvalue weighted by atomic mass is 32.2. The lowest BCUT2D eigenvalue weighted by Gasteiger charge is -2.09. The Hall–Kier alpha value is -2.05. The van der Waals surface area contributed by atoms with Crippen molar-refractivity contribution in [2.24, 2.45) is 0 Å². The first-order chi connectivity index (χ1) is 9.90. The topological polar surface area (TPSA) is 63.2 Å². The van der Waals surface area contributed by atoms with E-state index in [9.17, 15) is 17.6 Å². The van der Waals surface area contributed by atoms with Crippen molar-refractivity contribution in [2.45, 2.75) is 18.4 Å². The standard InChI is InChI=1S/C15H14FNO3S/c1-11(18)13-7-8-14(16)15(9-13)21(19,20)17-10-12-5-3-2-4-6-12/h2-9,17H,10H2,1H3. The van der Waals surface area contributed by atoms with E-state index in [1.165, 1.54) is 13.0 Å². The number of halogens is 1. The molecule has 1 N–H and O–H groups in total. The number of carbonyl (C=O) groups excluding carboxylic acids is 1. The maximum Gasteiger partial charge on any atom is 0.243 e. The summed E-state index contributed by atoms with van der Waals surface area (Å²) in [5.41, 5.74) is 0.903. The zero-order valence-electron chi connectivity index (χ0n) is 11.3. The Kier molecular flexibility index (Phi) is 4.50. The molecule has 2 rings (SSSR count). The van der Waals surface area contributed by atoms with Crippen molar-refractivity contribution in [3.05, 3.63) is 65.5 Å². The number of hydrogen-bond acceptors (Lipinski definition) is 3.